The summed E-state index contributed by atoms with van der Waals surface area (Å²) in [5, 5.41) is 11.8. The standard InChI is InChI=1S/C21H16ClN3O3/c22-19-4-2-1-3-15(19)13-25-14-16(5-10-20(25)26)21(27)24-17-6-8-18(9-7-17)28-12-11-23/h1-10,14H,12-13H2,(H,24,27). The van der Waals surface area contributed by atoms with Gasteiger partial charge >= 0.3 is 0 Å². The summed E-state index contributed by atoms with van der Waals surface area (Å²) in [6.07, 6.45) is 1.51. The molecule has 0 atom stereocenters. The van der Waals surface area contributed by atoms with Gasteiger partial charge in [0.15, 0.2) is 6.61 Å². The minimum Gasteiger partial charge on any atom is -0.479 e. The first-order valence-electron chi connectivity index (χ1n) is 8.42. The van der Waals surface area contributed by atoms with E-state index in [1.165, 1.54) is 22.9 Å². The largest absolute Gasteiger partial charge is 0.479 e. The summed E-state index contributed by atoms with van der Waals surface area (Å²) >= 11 is 6.16. The zero-order valence-corrected chi connectivity index (χ0v) is 15.5. The van der Waals surface area contributed by atoms with Crippen LogP contribution < -0.4 is 15.6 Å². The van der Waals surface area contributed by atoms with Crippen molar-refractivity contribution < 1.29 is 9.53 Å². The number of halogens is 1. The summed E-state index contributed by atoms with van der Waals surface area (Å²) in [5.41, 5.74) is 1.47. The molecule has 1 amide bonds. The van der Waals surface area contributed by atoms with Crippen LogP contribution in [0.4, 0.5) is 5.69 Å². The summed E-state index contributed by atoms with van der Waals surface area (Å²) in [5.74, 6) is 0.187. The average molecular weight is 394 g/mol. The highest BCUT2D eigenvalue weighted by molar-refractivity contribution is 6.31. The summed E-state index contributed by atoms with van der Waals surface area (Å²) in [7, 11) is 0. The number of hydrogen-bond donors (Lipinski definition) is 1. The SMILES string of the molecule is N#CCOc1ccc(NC(=O)c2ccc(=O)n(Cc3ccccc3Cl)c2)cc1. The van der Waals surface area contributed by atoms with Gasteiger partial charge < -0.3 is 14.6 Å². The van der Waals surface area contributed by atoms with E-state index in [2.05, 4.69) is 5.32 Å². The molecule has 140 valence electrons. The van der Waals surface area contributed by atoms with Crippen LogP contribution in [-0.2, 0) is 6.54 Å². The number of nitrogens with one attached hydrogen (secondary N) is 1. The summed E-state index contributed by atoms with van der Waals surface area (Å²) < 4.78 is 6.61. The molecule has 0 unspecified atom stereocenters. The van der Waals surface area contributed by atoms with Gasteiger partial charge in [0, 0.05) is 23.0 Å². The highest BCUT2D eigenvalue weighted by Crippen LogP contribution is 2.17. The van der Waals surface area contributed by atoms with E-state index < -0.39 is 0 Å². The molecule has 0 bridgehead atoms. The number of ether oxygens (including phenoxy) is 1. The molecule has 0 spiro atoms. The van der Waals surface area contributed by atoms with Crippen molar-refractivity contribution in [3.8, 4) is 11.8 Å². The highest BCUT2D eigenvalue weighted by atomic mass is 35.5. The van der Waals surface area contributed by atoms with Crippen molar-refractivity contribution in [2.75, 3.05) is 11.9 Å². The van der Waals surface area contributed by atoms with Crippen molar-refractivity contribution in [3.63, 3.8) is 0 Å². The van der Waals surface area contributed by atoms with E-state index in [1.54, 1.807) is 30.3 Å². The fourth-order valence-corrected chi connectivity index (χ4v) is 2.75. The Labute approximate surface area is 166 Å². The van der Waals surface area contributed by atoms with Crippen LogP contribution in [0.2, 0.25) is 5.02 Å². The third-order valence-electron chi connectivity index (χ3n) is 3.96. The van der Waals surface area contributed by atoms with Crippen LogP contribution in [0.5, 0.6) is 5.75 Å². The van der Waals surface area contributed by atoms with E-state index in [9.17, 15) is 9.59 Å². The quantitative estimate of drug-likeness (QED) is 0.692. The van der Waals surface area contributed by atoms with Crippen molar-refractivity contribution in [2.45, 2.75) is 6.54 Å². The Morgan fingerprint density at radius 2 is 1.86 bits per heavy atom. The molecule has 1 aromatic heterocycles. The van der Waals surface area contributed by atoms with Crippen molar-refractivity contribution in [2.24, 2.45) is 0 Å². The summed E-state index contributed by atoms with van der Waals surface area (Å²) in [4.78, 5) is 24.7. The Hall–Kier alpha value is -3.56. The Morgan fingerprint density at radius 1 is 1.11 bits per heavy atom. The van der Waals surface area contributed by atoms with Crippen molar-refractivity contribution in [1.29, 1.82) is 5.26 Å². The lowest BCUT2D eigenvalue weighted by Crippen LogP contribution is -2.22. The smallest absolute Gasteiger partial charge is 0.257 e. The molecule has 6 nitrogen and oxygen atoms in total. The Morgan fingerprint density at radius 3 is 2.57 bits per heavy atom. The first kappa shape index (κ1) is 19.2. The maximum Gasteiger partial charge on any atom is 0.257 e. The minimum atomic E-state index is -0.349. The number of hydrogen-bond acceptors (Lipinski definition) is 4. The first-order valence-corrected chi connectivity index (χ1v) is 8.79. The van der Waals surface area contributed by atoms with E-state index >= 15 is 0 Å². The van der Waals surface area contributed by atoms with E-state index in [4.69, 9.17) is 21.6 Å². The zero-order chi connectivity index (χ0) is 19.9. The molecular weight excluding hydrogens is 378 g/mol. The molecule has 0 saturated heterocycles. The second-order valence-corrected chi connectivity index (χ2v) is 6.31. The number of amides is 1. The molecule has 0 fully saturated rings. The van der Waals surface area contributed by atoms with Crippen molar-refractivity contribution >= 4 is 23.2 Å². The number of nitrogens with zero attached hydrogens (tertiary/aromatic N) is 2. The highest BCUT2D eigenvalue weighted by Gasteiger charge is 2.10. The second kappa shape index (κ2) is 8.89. The Bertz CT molecular complexity index is 1090. The molecular formula is C21H16ClN3O3. The van der Waals surface area contributed by atoms with Crippen LogP contribution in [0.15, 0.2) is 71.7 Å². The van der Waals surface area contributed by atoms with Gasteiger partial charge in [-0.3, -0.25) is 9.59 Å². The molecule has 2 aromatic carbocycles. The molecule has 0 saturated carbocycles. The normalized spacial score (nSPS) is 10.1. The number of nitriles is 1. The van der Waals surface area contributed by atoms with Gasteiger partial charge in [0.1, 0.15) is 11.8 Å². The van der Waals surface area contributed by atoms with Gasteiger partial charge in [0.05, 0.1) is 12.1 Å². The maximum atomic E-state index is 12.5. The van der Waals surface area contributed by atoms with Gasteiger partial charge in [-0.15, -0.1) is 0 Å². The zero-order valence-electron chi connectivity index (χ0n) is 14.8. The third kappa shape index (κ3) is 4.78. The lowest BCUT2D eigenvalue weighted by atomic mass is 10.2. The van der Waals surface area contributed by atoms with Gasteiger partial charge in [0.2, 0.25) is 0 Å². The first-order chi connectivity index (χ1) is 13.6. The van der Waals surface area contributed by atoms with Crippen LogP contribution in [-0.4, -0.2) is 17.1 Å². The number of rotatable bonds is 6. The van der Waals surface area contributed by atoms with Gasteiger partial charge in [0.25, 0.3) is 11.5 Å². The van der Waals surface area contributed by atoms with Crippen LogP contribution in [0.25, 0.3) is 0 Å². The molecule has 1 N–H and O–H groups in total. The predicted octanol–water partition coefficient (Wildman–Crippen LogP) is 3.70. The fraction of sp³-hybridized carbons (Fsp3) is 0.0952. The minimum absolute atomic E-state index is 0.0430. The lowest BCUT2D eigenvalue weighted by Gasteiger charge is -2.10. The van der Waals surface area contributed by atoms with Gasteiger partial charge in [-0.1, -0.05) is 29.8 Å². The van der Waals surface area contributed by atoms with Crippen LogP contribution in [0.1, 0.15) is 15.9 Å². The number of anilines is 1. The van der Waals surface area contributed by atoms with Crippen LogP contribution in [0, 0.1) is 11.3 Å². The maximum absolute atomic E-state index is 12.5. The van der Waals surface area contributed by atoms with E-state index in [1.807, 2.05) is 24.3 Å². The summed E-state index contributed by atoms with van der Waals surface area (Å²) in [6.45, 7) is 0.225. The second-order valence-electron chi connectivity index (χ2n) is 5.90. The lowest BCUT2D eigenvalue weighted by molar-refractivity contribution is 0.102. The van der Waals surface area contributed by atoms with Crippen LogP contribution in [0.3, 0.4) is 0 Å². The molecule has 1 heterocycles. The van der Waals surface area contributed by atoms with E-state index in [0.29, 0.717) is 22.0 Å². The van der Waals surface area contributed by atoms with Gasteiger partial charge in [-0.05, 0) is 42.0 Å². The topological polar surface area (TPSA) is 84.1 Å². The molecule has 0 aliphatic carbocycles. The van der Waals surface area contributed by atoms with Gasteiger partial charge in [-0.2, -0.15) is 5.26 Å². The number of carbonyl (C=O) groups is 1. The molecule has 7 heteroatoms. The molecule has 3 rings (SSSR count). The fourth-order valence-electron chi connectivity index (χ4n) is 2.55. The monoisotopic (exact) mass is 393 g/mol. The molecule has 0 aliphatic rings. The molecule has 28 heavy (non-hydrogen) atoms. The number of aromatic nitrogens is 1. The Kier molecular flexibility index (Phi) is 6.10. The van der Waals surface area contributed by atoms with Crippen LogP contribution >= 0.6 is 11.6 Å². The van der Waals surface area contributed by atoms with Gasteiger partial charge in [-0.25, -0.2) is 0 Å². The predicted molar refractivity (Wildman–Crippen MR) is 107 cm³/mol. The number of pyridine rings is 1. The summed E-state index contributed by atoms with van der Waals surface area (Å²) in [6, 6.07) is 18.6. The molecule has 3 aromatic rings. The van der Waals surface area contributed by atoms with E-state index in [-0.39, 0.29) is 24.6 Å². The molecule has 0 aliphatic heterocycles. The van der Waals surface area contributed by atoms with E-state index in [0.717, 1.165) is 5.56 Å². The third-order valence-corrected chi connectivity index (χ3v) is 4.33. The number of carbonyl (C=O) groups excluding carboxylic acids is 1. The van der Waals surface area contributed by atoms with Crippen molar-refractivity contribution in [1.82, 2.24) is 4.57 Å². The molecule has 0 radical (unpaired) electrons. The van der Waals surface area contributed by atoms with Crippen molar-refractivity contribution in [3.05, 3.63) is 93.4 Å². The average Bonchev–Trinajstić information content (AvgIpc) is 2.70. The Balaban J connectivity index is 1.74. The number of benzene rings is 2.